The monoisotopic (exact) mass is 338 g/mol. The van der Waals surface area contributed by atoms with Crippen LogP contribution < -0.4 is 10.6 Å². The van der Waals surface area contributed by atoms with Gasteiger partial charge >= 0.3 is 6.03 Å². The van der Waals surface area contributed by atoms with Gasteiger partial charge in [0.15, 0.2) is 0 Å². The molecule has 1 fully saturated rings. The van der Waals surface area contributed by atoms with Crippen LogP contribution in [0.4, 0.5) is 4.79 Å². The van der Waals surface area contributed by atoms with Gasteiger partial charge in [0, 0.05) is 32.6 Å². The zero-order valence-corrected chi connectivity index (χ0v) is 14.9. The normalized spacial score (nSPS) is 19.5. The summed E-state index contributed by atoms with van der Waals surface area (Å²) in [6.07, 6.45) is 1.85. The summed E-state index contributed by atoms with van der Waals surface area (Å²) in [5.74, 6) is -0.0395. The van der Waals surface area contributed by atoms with Gasteiger partial charge in [-0.25, -0.2) is 4.79 Å². The smallest absolute Gasteiger partial charge is 0.317 e. The number of rotatable bonds is 5. The third kappa shape index (κ3) is 5.21. The minimum absolute atomic E-state index is 0.0395. The van der Waals surface area contributed by atoms with E-state index in [4.69, 9.17) is 0 Å². The maximum Gasteiger partial charge on any atom is 0.317 e. The molecule has 3 amide bonds. The molecule has 0 radical (unpaired) electrons. The molecule has 0 bridgehead atoms. The van der Waals surface area contributed by atoms with Gasteiger partial charge in [-0.15, -0.1) is 0 Å². The van der Waals surface area contributed by atoms with Gasteiger partial charge in [0.2, 0.25) is 5.91 Å². The quantitative estimate of drug-likeness (QED) is 0.858. The summed E-state index contributed by atoms with van der Waals surface area (Å²) in [4.78, 5) is 27.5. The maximum absolute atomic E-state index is 12.4. The fourth-order valence-corrected chi connectivity index (χ4v) is 3.63. The molecule has 0 aromatic carbocycles. The zero-order valence-electron chi connectivity index (χ0n) is 14.0. The number of urea groups is 1. The molecule has 2 atom stereocenters. The molecule has 1 aromatic heterocycles. The number of hydrogen-bond acceptors (Lipinski definition) is 4. The highest BCUT2D eigenvalue weighted by atomic mass is 32.1. The van der Waals surface area contributed by atoms with Crippen molar-refractivity contribution in [3.05, 3.63) is 22.4 Å². The summed E-state index contributed by atoms with van der Waals surface area (Å²) in [6, 6.07) is 2.27. The first-order valence-corrected chi connectivity index (χ1v) is 8.90. The highest BCUT2D eigenvalue weighted by Crippen LogP contribution is 2.20. The molecule has 2 N–H and O–H groups in total. The van der Waals surface area contributed by atoms with E-state index in [1.807, 2.05) is 14.1 Å². The number of hydrogen-bond donors (Lipinski definition) is 2. The first kappa shape index (κ1) is 17.7. The molecule has 1 aromatic rings. The number of likely N-dealkylation sites (tertiary alicyclic amines) is 1. The van der Waals surface area contributed by atoms with Crippen molar-refractivity contribution in [1.29, 1.82) is 0 Å². The number of nitrogens with zero attached hydrogens (tertiary/aromatic N) is 2. The Balaban J connectivity index is 1.87. The number of amides is 3. The van der Waals surface area contributed by atoms with Crippen molar-refractivity contribution >= 4 is 23.3 Å². The summed E-state index contributed by atoms with van der Waals surface area (Å²) >= 11 is 1.66. The molecule has 0 spiro atoms. The van der Waals surface area contributed by atoms with Crippen LogP contribution >= 0.6 is 11.3 Å². The second kappa shape index (κ2) is 8.31. The van der Waals surface area contributed by atoms with Crippen molar-refractivity contribution < 1.29 is 9.59 Å². The van der Waals surface area contributed by atoms with Crippen molar-refractivity contribution in [2.24, 2.45) is 0 Å². The van der Waals surface area contributed by atoms with E-state index in [0.29, 0.717) is 13.1 Å². The maximum atomic E-state index is 12.4. The van der Waals surface area contributed by atoms with E-state index in [0.717, 1.165) is 19.4 Å². The minimum atomic E-state index is -0.0536. The fourth-order valence-electron chi connectivity index (χ4n) is 2.93. The third-order valence-electron chi connectivity index (χ3n) is 4.11. The Morgan fingerprint density at radius 1 is 1.48 bits per heavy atom. The van der Waals surface area contributed by atoms with Gasteiger partial charge < -0.3 is 20.4 Å². The molecule has 0 aliphatic carbocycles. The number of piperidine rings is 1. The molecule has 23 heavy (non-hydrogen) atoms. The third-order valence-corrected chi connectivity index (χ3v) is 4.82. The fraction of sp³-hybridized carbons (Fsp3) is 0.625. The van der Waals surface area contributed by atoms with Gasteiger partial charge in [-0.2, -0.15) is 11.3 Å². The number of carbonyl (C=O) groups excluding carboxylic acids is 2. The number of carbonyl (C=O) groups is 2. The SMILES string of the molecule is CC(=O)NC1CCCN(C(=O)NCC(c2ccsc2)N(C)C)C1. The number of nitrogens with one attached hydrogen (secondary N) is 2. The Morgan fingerprint density at radius 3 is 2.87 bits per heavy atom. The van der Waals surface area contributed by atoms with Gasteiger partial charge in [0.05, 0.1) is 6.04 Å². The van der Waals surface area contributed by atoms with Crippen LogP contribution in [0.5, 0.6) is 0 Å². The van der Waals surface area contributed by atoms with Crippen molar-refractivity contribution in [1.82, 2.24) is 20.4 Å². The number of thiophene rings is 1. The van der Waals surface area contributed by atoms with Crippen LogP contribution in [0.3, 0.4) is 0 Å². The summed E-state index contributed by atoms with van der Waals surface area (Å²) < 4.78 is 0. The second-order valence-corrected chi connectivity index (χ2v) is 6.99. The Bertz CT molecular complexity index is 518. The van der Waals surface area contributed by atoms with Crippen molar-refractivity contribution in [3.63, 3.8) is 0 Å². The predicted octanol–water partition coefficient (Wildman–Crippen LogP) is 1.66. The van der Waals surface area contributed by atoms with Crippen LogP contribution in [0.25, 0.3) is 0 Å². The highest BCUT2D eigenvalue weighted by molar-refractivity contribution is 7.07. The molecular weight excluding hydrogens is 312 g/mol. The summed E-state index contributed by atoms with van der Waals surface area (Å²) in [5, 5.41) is 10.1. The molecule has 1 saturated heterocycles. The number of likely N-dealkylation sites (N-methyl/N-ethyl adjacent to an activating group) is 1. The van der Waals surface area contributed by atoms with E-state index in [1.54, 1.807) is 16.2 Å². The topological polar surface area (TPSA) is 64.7 Å². The van der Waals surface area contributed by atoms with Crippen LogP contribution in [0.15, 0.2) is 16.8 Å². The Hall–Kier alpha value is -1.60. The first-order chi connectivity index (χ1) is 11.0. The average molecular weight is 338 g/mol. The molecule has 2 heterocycles. The van der Waals surface area contributed by atoms with Gasteiger partial charge in [0.1, 0.15) is 0 Å². The lowest BCUT2D eigenvalue weighted by Gasteiger charge is -2.33. The largest absolute Gasteiger partial charge is 0.352 e. The lowest BCUT2D eigenvalue weighted by Crippen LogP contribution is -2.52. The molecule has 2 unspecified atom stereocenters. The molecule has 2 rings (SSSR count). The predicted molar refractivity (Wildman–Crippen MR) is 92.6 cm³/mol. The van der Waals surface area contributed by atoms with Crippen LogP contribution in [0.1, 0.15) is 31.4 Å². The summed E-state index contributed by atoms with van der Waals surface area (Å²) in [6.45, 7) is 3.41. The summed E-state index contributed by atoms with van der Waals surface area (Å²) in [5.41, 5.74) is 1.22. The highest BCUT2D eigenvalue weighted by Gasteiger charge is 2.25. The van der Waals surface area contributed by atoms with Crippen LogP contribution in [-0.4, -0.2) is 61.5 Å². The van der Waals surface area contributed by atoms with E-state index in [1.165, 1.54) is 12.5 Å². The van der Waals surface area contributed by atoms with E-state index in [-0.39, 0.29) is 24.0 Å². The van der Waals surface area contributed by atoms with Gasteiger partial charge in [0.25, 0.3) is 0 Å². The van der Waals surface area contributed by atoms with E-state index >= 15 is 0 Å². The minimum Gasteiger partial charge on any atom is -0.352 e. The van der Waals surface area contributed by atoms with Crippen molar-refractivity contribution in [2.45, 2.75) is 31.8 Å². The van der Waals surface area contributed by atoms with Crippen LogP contribution in [0, 0.1) is 0 Å². The van der Waals surface area contributed by atoms with Gasteiger partial charge in [-0.05, 0) is 49.3 Å². The Kier molecular flexibility index (Phi) is 6.41. The molecular formula is C16H26N4O2S. The molecule has 128 valence electrons. The zero-order chi connectivity index (χ0) is 16.8. The molecule has 7 heteroatoms. The first-order valence-electron chi connectivity index (χ1n) is 7.95. The molecule has 1 aliphatic heterocycles. The van der Waals surface area contributed by atoms with E-state index in [9.17, 15) is 9.59 Å². The molecule has 1 aliphatic rings. The van der Waals surface area contributed by atoms with Gasteiger partial charge in [-0.3, -0.25) is 4.79 Å². The van der Waals surface area contributed by atoms with E-state index < -0.39 is 0 Å². The standard InChI is InChI=1S/C16H26N4O2S/c1-12(21)18-14-5-4-7-20(10-14)16(22)17-9-15(19(2)3)13-6-8-23-11-13/h6,8,11,14-15H,4-5,7,9-10H2,1-3H3,(H,17,22)(H,18,21). The van der Waals surface area contributed by atoms with E-state index in [2.05, 4.69) is 32.4 Å². The van der Waals surface area contributed by atoms with Crippen LogP contribution in [0.2, 0.25) is 0 Å². The summed E-state index contributed by atoms with van der Waals surface area (Å²) in [7, 11) is 4.03. The Morgan fingerprint density at radius 2 is 2.26 bits per heavy atom. The second-order valence-electron chi connectivity index (χ2n) is 6.21. The average Bonchev–Trinajstić information content (AvgIpc) is 3.00. The van der Waals surface area contributed by atoms with Crippen molar-refractivity contribution in [3.8, 4) is 0 Å². The molecule has 0 saturated carbocycles. The van der Waals surface area contributed by atoms with Gasteiger partial charge in [-0.1, -0.05) is 0 Å². The van der Waals surface area contributed by atoms with Crippen LogP contribution in [-0.2, 0) is 4.79 Å². The lowest BCUT2D eigenvalue weighted by atomic mass is 10.1. The molecule has 6 nitrogen and oxygen atoms in total. The lowest BCUT2D eigenvalue weighted by molar-refractivity contribution is -0.119. The van der Waals surface area contributed by atoms with Crippen molar-refractivity contribution in [2.75, 3.05) is 33.7 Å². The Labute approximate surface area is 141 Å².